The number of aliphatic hydroxyl groups is 1. The second kappa shape index (κ2) is 5.93. The van der Waals surface area contributed by atoms with Gasteiger partial charge in [0.2, 0.25) is 0 Å². The molecule has 0 saturated heterocycles. The molecular weight excluding hydrogens is 268 g/mol. The number of nitrogens with one attached hydrogen (secondary N) is 2. The number of fused-ring (bicyclic) bond motifs is 1. The fourth-order valence-corrected chi connectivity index (χ4v) is 3.01. The smallest absolute Gasteiger partial charge is 0.263 e. The van der Waals surface area contributed by atoms with Gasteiger partial charge in [0, 0.05) is 6.54 Å². The van der Waals surface area contributed by atoms with Crippen molar-refractivity contribution < 1.29 is 14.6 Å². The Labute approximate surface area is 124 Å². The van der Waals surface area contributed by atoms with Crippen LogP contribution in [-0.2, 0) is 4.79 Å². The predicted molar refractivity (Wildman–Crippen MR) is 80.4 cm³/mol. The van der Waals surface area contributed by atoms with Crippen LogP contribution in [0.2, 0.25) is 0 Å². The second-order valence-electron chi connectivity index (χ2n) is 5.99. The van der Waals surface area contributed by atoms with E-state index in [4.69, 9.17) is 4.74 Å². The van der Waals surface area contributed by atoms with Crippen molar-refractivity contribution in [2.24, 2.45) is 0 Å². The zero-order valence-corrected chi connectivity index (χ0v) is 12.1. The van der Waals surface area contributed by atoms with E-state index in [1.165, 1.54) is 6.42 Å². The summed E-state index contributed by atoms with van der Waals surface area (Å²) in [5, 5.41) is 16.4. The first-order valence-corrected chi connectivity index (χ1v) is 7.66. The largest absolute Gasteiger partial charge is 0.477 e. The van der Waals surface area contributed by atoms with Gasteiger partial charge >= 0.3 is 0 Å². The average Bonchev–Trinajstić information content (AvgIpc) is 2.53. The number of para-hydroxylation sites is 2. The van der Waals surface area contributed by atoms with E-state index in [0.29, 0.717) is 18.8 Å². The summed E-state index contributed by atoms with van der Waals surface area (Å²) in [5.41, 5.74) is 0.168. The molecule has 1 aliphatic heterocycles. The molecule has 5 heteroatoms. The predicted octanol–water partition coefficient (Wildman–Crippen LogP) is 1.67. The van der Waals surface area contributed by atoms with Crippen molar-refractivity contribution >= 4 is 11.6 Å². The summed E-state index contributed by atoms with van der Waals surface area (Å²) < 4.78 is 5.71. The summed E-state index contributed by atoms with van der Waals surface area (Å²) >= 11 is 0. The van der Waals surface area contributed by atoms with Gasteiger partial charge in [-0.25, -0.2) is 0 Å². The Morgan fingerprint density at radius 1 is 1.33 bits per heavy atom. The average molecular weight is 290 g/mol. The van der Waals surface area contributed by atoms with Crippen molar-refractivity contribution in [2.75, 3.05) is 18.4 Å². The lowest BCUT2D eigenvalue weighted by molar-refractivity contribution is -0.129. The van der Waals surface area contributed by atoms with Gasteiger partial charge in [0.1, 0.15) is 5.75 Å². The fraction of sp³-hybridized carbons (Fsp3) is 0.562. The van der Waals surface area contributed by atoms with Crippen LogP contribution in [0.4, 0.5) is 5.69 Å². The minimum absolute atomic E-state index is 0.170. The minimum Gasteiger partial charge on any atom is -0.477 e. The Kier molecular flexibility index (Phi) is 4.01. The van der Waals surface area contributed by atoms with Crippen molar-refractivity contribution in [3.05, 3.63) is 24.3 Å². The number of hydrogen-bond acceptors (Lipinski definition) is 4. The lowest BCUT2D eigenvalue weighted by Gasteiger charge is -2.33. The molecule has 0 radical (unpaired) electrons. The summed E-state index contributed by atoms with van der Waals surface area (Å²) in [7, 11) is 0. The molecule has 0 aromatic heterocycles. The highest BCUT2D eigenvalue weighted by Gasteiger charge is 2.32. The zero-order valence-electron chi connectivity index (χ0n) is 12.1. The summed E-state index contributed by atoms with van der Waals surface area (Å²) in [6, 6.07) is 7.57. The molecule has 0 spiro atoms. The Morgan fingerprint density at radius 3 is 2.90 bits per heavy atom. The van der Waals surface area contributed by atoms with E-state index in [0.717, 1.165) is 31.4 Å². The molecule has 1 saturated carbocycles. The molecule has 5 nitrogen and oxygen atoms in total. The maximum absolute atomic E-state index is 12.2. The van der Waals surface area contributed by atoms with Gasteiger partial charge in [0.15, 0.2) is 6.10 Å². The highest BCUT2D eigenvalue weighted by atomic mass is 16.5. The molecule has 3 N–H and O–H groups in total. The van der Waals surface area contributed by atoms with Crippen LogP contribution >= 0.6 is 0 Å². The highest BCUT2D eigenvalue weighted by Crippen LogP contribution is 2.29. The van der Waals surface area contributed by atoms with Crippen molar-refractivity contribution in [1.82, 2.24) is 5.32 Å². The van der Waals surface area contributed by atoms with Crippen LogP contribution in [0.1, 0.15) is 32.1 Å². The SMILES string of the molecule is O=C(NCC1(O)CCCCC1)C1CNc2ccccc2O1. The second-order valence-corrected chi connectivity index (χ2v) is 5.99. The molecule has 1 aromatic rings. The highest BCUT2D eigenvalue weighted by molar-refractivity contribution is 5.83. The molecule has 1 heterocycles. The third-order valence-electron chi connectivity index (χ3n) is 4.30. The molecule has 1 atom stereocenters. The van der Waals surface area contributed by atoms with Crippen LogP contribution < -0.4 is 15.4 Å². The monoisotopic (exact) mass is 290 g/mol. The Hall–Kier alpha value is -1.75. The fourth-order valence-electron chi connectivity index (χ4n) is 3.01. The Bertz CT molecular complexity index is 512. The van der Waals surface area contributed by atoms with E-state index in [1.54, 1.807) is 0 Å². The molecule has 114 valence electrons. The van der Waals surface area contributed by atoms with Crippen LogP contribution in [0, 0.1) is 0 Å². The van der Waals surface area contributed by atoms with E-state index < -0.39 is 11.7 Å². The first-order valence-electron chi connectivity index (χ1n) is 7.66. The summed E-state index contributed by atoms with van der Waals surface area (Å²) in [4.78, 5) is 12.2. The van der Waals surface area contributed by atoms with E-state index in [-0.39, 0.29) is 5.91 Å². The number of anilines is 1. The van der Waals surface area contributed by atoms with E-state index in [1.807, 2.05) is 24.3 Å². The molecule has 1 amide bonds. The Balaban J connectivity index is 1.55. The summed E-state index contributed by atoms with van der Waals surface area (Å²) in [5.74, 6) is 0.524. The molecule has 1 aromatic carbocycles. The van der Waals surface area contributed by atoms with Crippen molar-refractivity contribution in [1.29, 1.82) is 0 Å². The number of carbonyl (C=O) groups excluding carboxylic acids is 1. The van der Waals surface area contributed by atoms with Crippen LogP contribution in [0.3, 0.4) is 0 Å². The maximum atomic E-state index is 12.2. The van der Waals surface area contributed by atoms with Crippen molar-refractivity contribution in [2.45, 2.75) is 43.8 Å². The van der Waals surface area contributed by atoms with Crippen LogP contribution in [-0.4, -0.2) is 35.8 Å². The van der Waals surface area contributed by atoms with E-state index >= 15 is 0 Å². The first kappa shape index (κ1) is 14.2. The minimum atomic E-state index is -0.742. The third kappa shape index (κ3) is 3.29. The number of carbonyl (C=O) groups is 1. The van der Waals surface area contributed by atoms with Crippen molar-refractivity contribution in [3.63, 3.8) is 0 Å². The van der Waals surface area contributed by atoms with Gasteiger partial charge in [0.05, 0.1) is 17.8 Å². The van der Waals surface area contributed by atoms with E-state index in [9.17, 15) is 9.90 Å². The molecule has 1 aliphatic carbocycles. The molecular formula is C16H22N2O3. The molecule has 2 aliphatic rings. The third-order valence-corrected chi connectivity index (χ3v) is 4.30. The molecule has 0 bridgehead atoms. The summed E-state index contributed by atoms with van der Waals surface area (Å²) in [6.07, 6.45) is 4.21. The van der Waals surface area contributed by atoms with Gasteiger partial charge in [0.25, 0.3) is 5.91 Å². The number of ether oxygens (including phenoxy) is 1. The van der Waals surface area contributed by atoms with Crippen molar-refractivity contribution in [3.8, 4) is 5.75 Å². The standard InChI is InChI=1S/C16H22N2O3/c19-15(18-11-16(20)8-4-1-5-9-16)14-10-17-12-6-2-3-7-13(12)21-14/h2-3,6-7,14,17,20H,1,4-5,8-11H2,(H,18,19). The number of amides is 1. The van der Waals surface area contributed by atoms with Crippen LogP contribution in [0.25, 0.3) is 0 Å². The van der Waals surface area contributed by atoms with Gasteiger partial charge in [-0.15, -0.1) is 0 Å². The quantitative estimate of drug-likeness (QED) is 0.792. The first-order chi connectivity index (χ1) is 10.2. The number of rotatable bonds is 3. The van der Waals surface area contributed by atoms with Gasteiger partial charge in [-0.1, -0.05) is 31.4 Å². The number of hydrogen-bond donors (Lipinski definition) is 3. The topological polar surface area (TPSA) is 70.6 Å². The molecule has 21 heavy (non-hydrogen) atoms. The van der Waals surface area contributed by atoms with E-state index in [2.05, 4.69) is 10.6 Å². The molecule has 1 fully saturated rings. The van der Waals surface area contributed by atoms with Crippen LogP contribution in [0.5, 0.6) is 5.75 Å². The lowest BCUT2D eigenvalue weighted by Crippen LogP contribution is -2.50. The maximum Gasteiger partial charge on any atom is 0.263 e. The molecule has 1 unspecified atom stereocenters. The Morgan fingerprint density at radius 2 is 2.10 bits per heavy atom. The normalized spacial score (nSPS) is 23.4. The van der Waals surface area contributed by atoms with Gasteiger partial charge in [-0.3, -0.25) is 4.79 Å². The van der Waals surface area contributed by atoms with Gasteiger partial charge in [-0.2, -0.15) is 0 Å². The molecule has 3 rings (SSSR count). The summed E-state index contributed by atoms with van der Waals surface area (Å²) in [6.45, 7) is 0.759. The number of benzene rings is 1. The lowest BCUT2D eigenvalue weighted by atomic mass is 9.85. The van der Waals surface area contributed by atoms with Gasteiger partial charge in [-0.05, 0) is 25.0 Å². The zero-order chi connectivity index (χ0) is 14.7. The van der Waals surface area contributed by atoms with Crippen LogP contribution in [0.15, 0.2) is 24.3 Å². The van der Waals surface area contributed by atoms with Gasteiger partial charge < -0.3 is 20.5 Å².